The largest absolute Gasteiger partial charge is 0.466 e. The number of ether oxygens (including phenoxy) is 2. The maximum atomic E-state index is 13.7. The molecule has 0 saturated carbocycles. The summed E-state index contributed by atoms with van der Waals surface area (Å²) in [5, 5.41) is 12.2. The number of halogens is 1. The van der Waals surface area contributed by atoms with Gasteiger partial charge in [0, 0.05) is 30.8 Å². The Morgan fingerprint density at radius 3 is 2.50 bits per heavy atom. The van der Waals surface area contributed by atoms with Crippen molar-refractivity contribution in [1.29, 1.82) is 0 Å². The number of aromatic nitrogens is 2. The number of amides is 2. The maximum Gasteiger partial charge on any atom is 0.333 e. The van der Waals surface area contributed by atoms with Gasteiger partial charge >= 0.3 is 12.0 Å². The number of carbonyl (C=O) groups is 3. The molecule has 2 amide bonds. The van der Waals surface area contributed by atoms with E-state index in [-0.39, 0.29) is 30.1 Å². The molecule has 0 bridgehead atoms. The van der Waals surface area contributed by atoms with E-state index in [4.69, 9.17) is 9.47 Å². The van der Waals surface area contributed by atoms with Gasteiger partial charge in [-0.3, -0.25) is 25.0 Å². The van der Waals surface area contributed by atoms with E-state index in [9.17, 15) is 14.4 Å². The number of nitrogens with one attached hydrogen (secondary N) is 3. The summed E-state index contributed by atoms with van der Waals surface area (Å²) in [6.07, 6.45) is 1.62. The van der Waals surface area contributed by atoms with Gasteiger partial charge in [0.15, 0.2) is 5.78 Å². The first kappa shape index (κ1) is 29.7. The van der Waals surface area contributed by atoms with Crippen molar-refractivity contribution in [2.75, 3.05) is 51.3 Å². The van der Waals surface area contributed by atoms with Crippen molar-refractivity contribution < 1.29 is 23.9 Å². The molecule has 3 aromatic rings. The number of likely N-dealkylation sites (tertiary alicyclic amines) is 1. The van der Waals surface area contributed by atoms with Crippen molar-refractivity contribution >= 4 is 35.9 Å². The smallest absolute Gasteiger partial charge is 0.333 e. The fraction of sp³-hybridized carbons (Fsp3) is 0.400. The topological polar surface area (TPSA) is 129 Å². The van der Waals surface area contributed by atoms with Crippen LogP contribution in [-0.2, 0) is 20.8 Å². The number of rotatable bonds is 7. The Labute approximate surface area is 250 Å². The zero-order chi connectivity index (χ0) is 28.3. The van der Waals surface area contributed by atoms with Crippen molar-refractivity contribution in [3.63, 3.8) is 0 Å². The second kappa shape index (κ2) is 13.0. The zero-order valence-corrected chi connectivity index (χ0v) is 24.3. The van der Waals surface area contributed by atoms with E-state index in [0.29, 0.717) is 61.1 Å². The van der Waals surface area contributed by atoms with Crippen molar-refractivity contribution in [2.45, 2.75) is 26.3 Å². The van der Waals surface area contributed by atoms with Crippen molar-refractivity contribution in [2.24, 2.45) is 5.92 Å². The van der Waals surface area contributed by atoms with Gasteiger partial charge in [0.05, 0.1) is 48.2 Å². The summed E-state index contributed by atoms with van der Waals surface area (Å²) in [4.78, 5) is 40.7. The standard InChI is InChI=1S/C30H34N6O5.ClH/c1-2-41-29(38)21-10-12-35(13-11-21)18-19-6-8-20(9-7-19)26-25-27(33-32-26)22-4-3-5-23(24(22)28(25)37)31-30(39)34-36-14-16-40-17-15-36;/h3-9,21H,2,10-18H2,1H3,(H,32,33)(H2,31,34,39);1H. The first-order valence-corrected chi connectivity index (χ1v) is 14.2. The molecule has 2 saturated heterocycles. The highest BCUT2D eigenvalue weighted by Gasteiger charge is 2.35. The van der Waals surface area contributed by atoms with Gasteiger partial charge in [0.1, 0.15) is 5.69 Å². The van der Waals surface area contributed by atoms with Crippen LogP contribution >= 0.6 is 12.4 Å². The van der Waals surface area contributed by atoms with Crippen LogP contribution in [0.15, 0.2) is 42.5 Å². The Hall–Kier alpha value is -3.77. The molecule has 11 nitrogen and oxygen atoms in total. The monoisotopic (exact) mass is 594 g/mol. The molecule has 3 heterocycles. The first-order chi connectivity index (χ1) is 20.0. The van der Waals surface area contributed by atoms with Crippen LogP contribution in [0.4, 0.5) is 10.5 Å². The number of urea groups is 1. The van der Waals surface area contributed by atoms with Gasteiger partial charge in [0.25, 0.3) is 0 Å². The van der Waals surface area contributed by atoms with Crippen molar-refractivity contribution in [3.8, 4) is 22.5 Å². The number of esters is 1. The number of H-pyrrole nitrogens is 1. The van der Waals surface area contributed by atoms with Crippen LogP contribution in [0.5, 0.6) is 0 Å². The lowest BCUT2D eigenvalue weighted by atomic mass is 9.96. The Kier molecular flexibility index (Phi) is 9.22. The Bertz CT molecular complexity index is 1440. The number of nitrogens with zero attached hydrogens (tertiary/aromatic N) is 3. The summed E-state index contributed by atoms with van der Waals surface area (Å²) < 4.78 is 10.5. The Morgan fingerprint density at radius 1 is 1.05 bits per heavy atom. The van der Waals surface area contributed by atoms with E-state index in [1.807, 2.05) is 31.2 Å². The number of ketones is 1. The molecule has 222 valence electrons. The highest BCUT2D eigenvalue weighted by atomic mass is 35.5. The number of hydrazine groups is 1. The van der Waals surface area contributed by atoms with Crippen LogP contribution in [-0.4, -0.2) is 83.9 Å². The molecule has 3 N–H and O–H groups in total. The SMILES string of the molecule is CCOC(=O)C1CCN(Cc2ccc(-c3n[nH]c4c3C(=O)c3c(NC(=O)NN5CCOCC5)cccc3-4)cc2)CC1.Cl. The second-order valence-corrected chi connectivity index (χ2v) is 10.5. The lowest BCUT2D eigenvalue weighted by molar-refractivity contribution is -0.149. The molecule has 0 unspecified atom stereocenters. The molecule has 3 aliphatic rings. The van der Waals surface area contributed by atoms with E-state index in [1.165, 1.54) is 0 Å². The summed E-state index contributed by atoms with van der Waals surface area (Å²) in [5.41, 5.74) is 8.20. The molecular weight excluding hydrogens is 560 g/mol. The fourth-order valence-electron chi connectivity index (χ4n) is 5.78. The van der Waals surface area contributed by atoms with Gasteiger partial charge in [-0.05, 0) is 44.5 Å². The molecule has 1 aromatic heterocycles. The van der Waals surface area contributed by atoms with Gasteiger partial charge in [0.2, 0.25) is 0 Å². The molecular formula is C30H35ClN6O5. The van der Waals surface area contributed by atoms with Crippen molar-refractivity contribution in [3.05, 3.63) is 59.2 Å². The molecule has 42 heavy (non-hydrogen) atoms. The van der Waals surface area contributed by atoms with Gasteiger partial charge < -0.3 is 14.8 Å². The second-order valence-electron chi connectivity index (χ2n) is 10.5. The number of hydrogen-bond acceptors (Lipinski definition) is 8. The van der Waals surface area contributed by atoms with Crippen molar-refractivity contribution in [1.82, 2.24) is 25.5 Å². The number of fused-ring (bicyclic) bond motifs is 3. The average molecular weight is 595 g/mol. The summed E-state index contributed by atoms with van der Waals surface area (Å²) in [7, 11) is 0. The number of benzene rings is 2. The van der Waals surface area contributed by atoms with Crippen LogP contribution < -0.4 is 10.7 Å². The molecule has 12 heteroatoms. The third kappa shape index (κ3) is 6.05. The normalized spacial score (nSPS) is 17.2. The number of carbonyl (C=O) groups excluding carboxylic acids is 3. The number of morpholine rings is 1. The molecule has 2 fully saturated rings. The molecule has 6 rings (SSSR count). The summed E-state index contributed by atoms with van der Waals surface area (Å²) in [6, 6.07) is 13.1. The van der Waals surface area contributed by atoms with Gasteiger partial charge in [-0.2, -0.15) is 5.10 Å². The zero-order valence-electron chi connectivity index (χ0n) is 23.5. The highest BCUT2D eigenvalue weighted by molar-refractivity contribution is 6.26. The molecule has 0 spiro atoms. The van der Waals surface area contributed by atoms with Gasteiger partial charge in [-0.15, -0.1) is 12.4 Å². The van der Waals surface area contributed by atoms with E-state index in [1.54, 1.807) is 11.1 Å². The van der Waals surface area contributed by atoms with E-state index < -0.39 is 6.03 Å². The predicted molar refractivity (Wildman–Crippen MR) is 159 cm³/mol. The number of piperidine rings is 1. The van der Waals surface area contributed by atoms with Crippen LogP contribution in [0.25, 0.3) is 22.5 Å². The van der Waals surface area contributed by atoms with Crippen LogP contribution in [0.2, 0.25) is 0 Å². The lowest BCUT2D eigenvalue weighted by Gasteiger charge is -2.30. The highest BCUT2D eigenvalue weighted by Crippen LogP contribution is 2.43. The quantitative estimate of drug-likeness (QED) is 0.275. The molecule has 1 aliphatic carbocycles. The molecule has 2 aromatic carbocycles. The minimum atomic E-state index is -0.400. The first-order valence-electron chi connectivity index (χ1n) is 14.2. The van der Waals surface area contributed by atoms with E-state index >= 15 is 0 Å². The van der Waals surface area contributed by atoms with Crippen LogP contribution in [0, 0.1) is 5.92 Å². The van der Waals surface area contributed by atoms with Crippen LogP contribution in [0.1, 0.15) is 41.3 Å². The minimum absolute atomic E-state index is 0. The molecule has 2 aliphatic heterocycles. The fourth-order valence-corrected chi connectivity index (χ4v) is 5.78. The summed E-state index contributed by atoms with van der Waals surface area (Å²) in [5.74, 6) is -0.264. The lowest BCUT2D eigenvalue weighted by Crippen LogP contribution is -2.49. The number of anilines is 1. The minimum Gasteiger partial charge on any atom is -0.466 e. The van der Waals surface area contributed by atoms with E-state index in [2.05, 4.69) is 38.0 Å². The van der Waals surface area contributed by atoms with E-state index in [0.717, 1.165) is 49.2 Å². The molecule has 0 atom stereocenters. The average Bonchev–Trinajstić information content (AvgIpc) is 3.54. The maximum absolute atomic E-state index is 13.7. The molecule has 0 radical (unpaired) electrons. The third-order valence-corrected chi connectivity index (χ3v) is 7.91. The Morgan fingerprint density at radius 2 is 1.79 bits per heavy atom. The van der Waals surface area contributed by atoms with Gasteiger partial charge in [-0.1, -0.05) is 36.4 Å². The summed E-state index contributed by atoms with van der Waals surface area (Å²) >= 11 is 0. The van der Waals surface area contributed by atoms with Crippen LogP contribution in [0.3, 0.4) is 0 Å². The Balaban J connectivity index is 0.00000353. The number of hydrogen-bond donors (Lipinski definition) is 3. The summed E-state index contributed by atoms with van der Waals surface area (Å²) in [6.45, 7) is 7.08. The predicted octanol–water partition coefficient (Wildman–Crippen LogP) is 3.85. The third-order valence-electron chi connectivity index (χ3n) is 7.91. The van der Waals surface area contributed by atoms with Gasteiger partial charge in [-0.25, -0.2) is 9.80 Å². The number of aromatic amines is 1.